The number of halogens is 4. The summed E-state index contributed by atoms with van der Waals surface area (Å²) in [6, 6.07) is 15.7. The van der Waals surface area contributed by atoms with Crippen molar-refractivity contribution < 1.29 is 27.1 Å². The first-order valence-electron chi connectivity index (χ1n) is 9.46. The van der Waals surface area contributed by atoms with Gasteiger partial charge in [0, 0.05) is 17.8 Å². The number of alkyl halides is 4. The largest absolute Gasteiger partial charge is 0.370 e. The summed E-state index contributed by atoms with van der Waals surface area (Å²) in [5, 5.41) is 6.99. The Morgan fingerprint density at radius 3 is 2.61 bits per heavy atom. The molecule has 31 heavy (non-hydrogen) atoms. The first-order chi connectivity index (χ1) is 14.7. The number of benzene rings is 2. The molecular weight excluding hydrogens is 414 g/mol. The van der Waals surface area contributed by atoms with Crippen molar-refractivity contribution in [1.82, 2.24) is 9.78 Å². The molecule has 1 heterocycles. The van der Waals surface area contributed by atoms with Crippen LogP contribution in [0.1, 0.15) is 27.0 Å². The van der Waals surface area contributed by atoms with Gasteiger partial charge in [0.25, 0.3) is 5.91 Å². The third-order valence-corrected chi connectivity index (χ3v) is 4.38. The molecule has 9 heteroatoms. The van der Waals surface area contributed by atoms with Gasteiger partial charge in [-0.1, -0.05) is 42.0 Å². The highest BCUT2D eigenvalue weighted by atomic mass is 19.3. The zero-order valence-corrected chi connectivity index (χ0v) is 16.7. The van der Waals surface area contributed by atoms with E-state index in [2.05, 4.69) is 15.2 Å². The average Bonchev–Trinajstić information content (AvgIpc) is 3.14. The van der Waals surface area contributed by atoms with Crippen molar-refractivity contribution in [1.29, 1.82) is 0 Å². The summed E-state index contributed by atoms with van der Waals surface area (Å²) in [6.07, 6.45) is -2.05. The molecule has 0 aliphatic rings. The van der Waals surface area contributed by atoms with Crippen molar-refractivity contribution >= 4 is 11.7 Å². The number of rotatable bonds is 9. The number of hydrogen-bond donors (Lipinski definition) is 1. The molecule has 0 saturated heterocycles. The number of aromatic nitrogens is 2. The van der Waals surface area contributed by atoms with E-state index in [-0.39, 0.29) is 12.2 Å². The van der Waals surface area contributed by atoms with Gasteiger partial charge in [-0.3, -0.25) is 9.48 Å². The van der Waals surface area contributed by atoms with Gasteiger partial charge in [0.1, 0.15) is 6.61 Å². The lowest BCUT2D eigenvalue weighted by Gasteiger charge is -2.15. The highest BCUT2D eigenvalue weighted by molar-refractivity contribution is 6.03. The molecule has 1 N–H and O–H groups in total. The standard InChI is InChI=1S/C22H21F4N3O2/c1-15-4-2-5-16(10-15)12-29-9-8-19(28-29)27-20(30)18-7-3-6-17(11-18)13-31-14-22(25,26)21(23)24/h2-11,21H,12-14H2,1H3,(H,27,28,30). The van der Waals surface area contributed by atoms with E-state index in [1.165, 1.54) is 12.1 Å². The molecule has 3 rings (SSSR count). The fraction of sp³-hybridized carbons (Fsp3) is 0.273. The Morgan fingerprint density at radius 1 is 1.13 bits per heavy atom. The average molecular weight is 435 g/mol. The SMILES string of the molecule is Cc1cccc(Cn2ccc(NC(=O)c3cccc(COCC(F)(F)C(F)F)c3)n2)c1. The summed E-state index contributed by atoms with van der Waals surface area (Å²) in [7, 11) is 0. The highest BCUT2D eigenvalue weighted by Gasteiger charge is 2.40. The molecule has 0 unspecified atom stereocenters. The van der Waals surface area contributed by atoms with Gasteiger partial charge in [-0.2, -0.15) is 13.9 Å². The van der Waals surface area contributed by atoms with E-state index in [1.807, 2.05) is 31.2 Å². The van der Waals surface area contributed by atoms with Crippen LogP contribution in [-0.4, -0.2) is 34.6 Å². The fourth-order valence-electron chi connectivity index (χ4n) is 2.87. The molecule has 1 aromatic heterocycles. The number of aryl methyl sites for hydroxylation is 1. The van der Waals surface area contributed by atoms with Gasteiger partial charge in [0.15, 0.2) is 5.82 Å². The lowest BCUT2D eigenvalue weighted by Crippen LogP contribution is -2.32. The number of nitrogens with zero attached hydrogens (tertiary/aromatic N) is 2. The first-order valence-corrected chi connectivity index (χ1v) is 9.46. The van der Waals surface area contributed by atoms with Gasteiger partial charge >= 0.3 is 12.3 Å². The Labute approximate surface area is 176 Å². The van der Waals surface area contributed by atoms with Gasteiger partial charge in [-0.25, -0.2) is 8.78 Å². The second kappa shape index (κ2) is 9.74. The molecule has 0 radical (unpaired) electrons. The first kappa shape index (κ1) is 22.5. The van der Waals surface area contributed by atoms with Crippen molar-refractivity contribution in [3.8, 4) is 0 Å². The molecule has 0 spiro atoms. The number of anilines is 1. The number of ether oxygens (including phenoxy) is 1. The normalized spacial score (nSPS) is 11.7. The molecule has 0 atom stereocenters. The van der Waals surface area contributed by atoms with Gasteiger partial charge in [0.2, 0.25) is 0 Å². The third-order valence-electron chi connectivity index (χ3n) is 4.38. The van der Waals surface area contributed by atoms with E-state index in [0.29, 0.717) is 17.9 Å². The molecule has 0 fully saturated rings. The third kappa shape index (κ3) is 6.39. The molecule has 5 nitrogen and oxygen atoms in total. The Morgan fingerprint density at radius 2 is 1.87 bits per heavy atom. The summed E-state index contributed by atoms with van der Waals surface area (Å²) in [4.78, 5) is 12.5. The minimum Gasteiger partial charge on any atom is -0.370 e. The predicted molar refractivity (Wildman–Crippen MR) is 108 cm³/mol. The Balaban J connectivity index is 1.57. The van der Waals surface area contributed by atoms with Crippen LogP contribution < -0.4 is 5.32 Å². The minimum atomic E-state index is -4.22. The van der Waals surface area contributed by atoms with Crippen molar-refractivity contribution in [2.45, 2.75) is 32.4 Å². The number of nitrogens with one attached hydrogen (secondary N) is 1. The summed E-state index contributed by atoms with van der Waals surface area (Å²) in [5.41, 5.74) is 2.88. The topological polar surface area (TPSA) is 56.2 Å². The fourth-order valence-corrected chi connectivity index (χ4v) is 2.87. The summed E-state index contributed by atoms with van der Waals surface area (Å²) < 4.78 is 56.5. The second-order valence-electron chi connectivity index (χ2n) is 7.10. The van der Waals surface area contributed by atoms with Crippen LogP contribution in [0.4, 0.5) is 23.4 Å². The van der Waals surface area contributed by atoms with Gasteiger partial charge in [-0.15, -0.1) is 0 Å². The maximum atomic E-state index is 12.9. The molecule has 1 amide bonds. The van der Waals surface area contributed by atoms with E-state index in [0.717, 1.165) is 11.1 Å². The monoisotopic (exact) mass is 435 g/mol. The molecular formula is C22H21F4N3O2. The summed E-state index contributed by atoms with van der Waals surface area (Å²) >= 11 is 0. The zero-order chi connectivity index (χ0) is 22.4. The molecule has 0 aliphatic carbocycles. The van der Waals surface area contributed by atoms with Gasteiger partial charge < -0.3 is 10.1 Å². The lowest BCUT2D eigenvalue weighted by molar-refractivity contribution is -0.168. The number of amides is 1. The van der Waals surface area contributed by atoms with E-state index in [4.69, 9.17) is 0 Å². The van der Waals surface area contributed by atoms with Crippen LogP contribution in [0.5, 0.6) is 0 Å². The van der Waals surface area contributed by atoms with Crippen molar-refractivity contribution in [2.24, 2.45) is 0 Å². The maximum absolute atomic E-state index is 12.9. The number of hydrogen-bond acceptors (Lipinski definition) is 3. The highest BCUT2D eigenvalue weighted by Crippen LogP contribution is 2.23. The van der Waals surface area contributed by atoms with E-state index in [9.17, 15) is 22.4 Å². The van der Waals surface area contributed by atoms with E-state index >= 15 is 0 Å². The molecule has 2 aromatic carbocycles. The predicted octanol–water partition coefficient (Wildman–Crippen LogP) is 4.91. The van der Waals surface area contributed by atoms with Gasteiger partial charge in [-0.05, 0) is 30.2 Å². The van der Waals surface area contributed by atoms with Crippen LogP contribution in [0.2, 0.25) is 0 Å². The minimum absolute atomic E-state index is 0.259. The zero-order valence-electron chi connectivity index (χ0n) is 16.7. The Kier molecular flexibility index (Phi) is 7.06. The van der Waals surface area contributed by atoms with Crippen molar-refractivity contribution in [2.75, 3.05) is 11.9 Å². The van der Waals surface area contributed by atoms with Crippen LogP contribution in [-0.2, 0) is 17.9 Å². The molecule has 3 aromatic rings. The van der Waals surface area contributed by atoms with Crippen LogP contribution in [0.15, 0.2) is 60.8 Å². The maximum Gasteiger partial charge on any atom is 0.330 e. The lowest BCUT2D eigenvalue weighted by atomic mass is 10.1. The van der Waals surface area contributed by atoms with Crippen LogP contribution in [0.3, 0.4) is 0 Å². The Hall–Kier alpha value is -3.20. The molecule has 164 valence electrons. The van der Waals surface area contributed by atoms with Crippen molar-refractivity contribution in [3.63, 3.8) is 0 Å². The molecule has 0 saturated carbocycles. The van der Waals surface area contributed by atoms with Crippen LogP contribution in [0.25, 0.3) is 0 Å². The van der Waals surface area contributed by atoms with Crippen LogP contribution >= 0.6 is 0 Å². The second-order valence-corrected chi connectivity index (χ2v) is 7.10. The van der Waals surface area contributed by atoms with E-state index < -0.39 is 24.9 Å². The number of carbonyl (C=O) groups excluding carboxylic acids is 1. The summed E-state index contributed by atoms with van der Waals surface area (Å²) in [5.74, 6) is -4.30. The van der Waals surface area contributed by atoms with Crippen molar-refractivity contribution in [3.05, 3.63) is 83.0 Å². The molecule has 0 bridgehead atoms. The Bertz CT molecular complexity index is 1040. The van der Waals surface area contributed by atoms with Gasteiger partial charge in [0.05, 0.1) is 13.2 Å². The smallest absolute Gasteiger partial charge is 0.330 e. The molecule has 0 aliphatic heterocycles. The summed E-state index contributed by atoms with van der Waals surface area (Å²) in [6.45, 7) is 0.823. The number of carbonyl (C=O) groups is 1. The van der Waals surface area contributed by atoms with E-state index in [1.54, 1.807) is 29.1 Å². The quantitative estimate of drug-likeness (QED) is 0.486. The van der Waals surface area contributed by atoms with Crippen LogP contribution in [0, 0.1) is 6.92 Å².